The summed E-state index contributed by atoms with van der Waals surface area (Å²) in [6.07, 6.45) is 0.233. The zero-order valence-corrected chi connectivity index (χ0v) is 16.8. The summed E-state index contributed by atoms with van der Waals surface area (Å²) in [4.78, 5) is 30.1. The fraction of sp³-hybridized carbons (Fsp3) is 0.364. The molecule has 1 heterocycles. The Bertz CT molecular complexity index is 866. The first-order valence-electron chi connectivity index (χ1n) is 9.69. The maximum absolute atomic E-state index is 14.0. The maximum atomic E-state index is 14.0. The van der Waals surface area contributed by atoms with Gasteiger partial charge in [-0.15, -0.1) is 0 Å². The Morgan fingerprint density at radius 2 is 1.79 bits per heavy atom. The minimum absolute atomic E-state index is 0.00710. The van der Waals surface area contributed by atoms with Crippen molar-refractivity contribution in [2.45, 2.75) is 13.3 Å². The molecule has 1 aliphatic heterocycles. The number of ether oxygens (including phenoxy) is 1. The minimum Gasteiger partial charge on any atom is -0.497 e. The van der Waals surface area contributed by atoms with Gasteiger partial charge in [0.2, 0.25) is 11.8 Å². The molecule has 2 aromatic carbocycles. The highest BCUT2D eigenvalue weighted by molar-refractivity contribution is 5.92. The molecule has 2 amide bonds. The van der Waals surface area contributed by atoms with E-state index in [1.165, 1.54) is 13.0 Å². The van der Waals surface area contributed by atoms with Crippen LogP contribution in [0.4, 0.5) is 15.8 Å². The summed E-state index contributed by atoms with van der Waals surface area (Å²) in [5.74, 6) is 0.273. The molecule has 1 fully saturated rings. The zero-order chi connectivity index (χ0) is 20.8. The number of nitrogens with zero attached hydrogens (tertiary/aromatic N) is 3. The highest BCUT2D eigenvalue weighted by Gasteiger charge is 2.23. The molecule has 0 aromatic heterocycles. The second kappa shape index (κ2) is 9.41. The lowest BCUT2D eigenvalue weighted by Crippen LogP contribution is -2.49. The number of hydrogen-bond donors (Lipinski definition) is 0. The molecule has 6 nitrogen and oxygen atoms in total. The fourth-order valence-electron chi connectivity index (χ4n) is 3.52. The van der Waals surface area contributed by atoms with Gasteiger partial charge in [-0.1, -0.05) is 18.2 Å². The van der Waals surface area contributed by atoms with Crippen LogP contribution in [0.25, 0.3) is 0 Å². The summed E-state index contributed by atoms with van der Waals surface area (Å²) in [6.45, 7) is 4.02. The Hall–Kier alpha value is -3.09. The van der Waals surface area contributed by atoms with Crippen LogP contribution in [0.5, 0.6) is 5.75 Å². The SMILES string of the molecule is COc1cccc(N(CCC(=O)N2CCN(c3ccccc3F)CC2)C(C)=O)c1. The molecule has 0 N–H and O–H groups in total. The summed E-state index contributed by atoms with van der Waals surface area (Å²) in [6, 6.07) is 13.9. The van der Waals surface area contributed by atoms with E-state index in [4.69, 9.17) is 4.74 Å². The third-order valence-corrected chi connectivity index (χ3v) is 5.12. The standard InChI is InChI=1S/C22H26FN3O3/c1-17(27)26(18-6-5-7-19(16-18)29-2)11-10-22(28)25-14-12-24(13-15-25)21-9-4-3-8-20(21)23/h3-9,16H,10-15H2,1-2H3. The molecule has 1 saturated heterocycles. The number of amides is 2. The van der Waals surface area contributed by atoms with E-state index in [-0.39, 0.29) is 24.1 Å². The number of benzene rings is 2. The number of methoxy groups -OCH3 is 1. The van der Waals surface area contributed by atoms with Crippen LogP contribution in [0.15, 0.2) is 48.5 Å². The van der Waals surface area contributed by atoms with E-state index in [0.29, 0.717) is 49.8 Å². The molecule has 0 saturated carbocycles. The van der Waals surface area contributed by atoms with Crippen LogP contribution in [0, 0.1) is 5.82 Å². The Balaban J connectivity index is 1.56. The highest BCUT2D eigenvalue weighted by atomic mass is 19.1. The molecule has 154 valence electrons. The van der Waals surface area contributed by atoms with Crippen molar-refractivity contribution in [3.63, 3.8) is 0 Å². The third-order valence-electron chi connectivity index (χ3n) is 5.12. The number of carbonyl (C=O) groups excluding carboxylic acids is 2. The molecule has 0 unspecified atom stereocenters. The molecule has 0 spiro atoms. The van der Waals surface area contributed by atoms with Crippen LogP contribution in [-0.4, -0.2) is 56.5 Å². The van der Waals surface area contributed by atoms with E-state index in [9.17, 15) is 14.0 Å². The highest BCUT2D eigenvalue weighted by Crippen LogP contribution is 2.22. The van der Waals surface area contributed by atoms with Crippen LogP contribution < -0.4 is 14.5 Å². The van der Waals surface area contributed by atoms with Gasteiger partial charge in [-0.05, 0) is 24.3 Å². The molecule has 3 rings (SSSR count). The minimum atomic E-state index is -0.248. The molecule has 0 aliphatic carbocycles. The van der Waals surface area contributed by atoms with Gasteiger partial charge in [0.15, 0.2) is 0 Å². The molecular formula is C22H26FN3O3. The van der Waals surface area contributed by atoms with Crippen LogP contribution in [-0.2, 0) is 9.59 Å². The number of carbonyl (C=O) groups is 2. The number of halogens is 1. The van der Waals surface area contributed by atoms with Crippen molar-refractivity contribution in [3.05, 3.63) is 54.3 Å². The van der Waals surface area contributed by atoms with Crippen LogP contribution in [0.1, 0.15) is 13.3 Å². The maximum Gasteiger partial charge on any atom is 0.224 e. The average Bonchev–Trinajstić information content (AvgIpc) is 2.74. The third kappa shape index (κ3) is 5.04. The lowest BCUT2D eigenvalue weighted by Gasteiger charge is -2.36. The van der Waals surface area contributed by atoms with Gasteiger partial charge in [-0.2, -0.15) is 0 Å². The van der Waals surface area contributed by atoms with Gasteiger partial charge >= 0.3 is 0 Å². The molecule has 0 atom stereocenters. The number of anilines is 2. The quantitative estimate of drug-likeness (QED) is 0.750. The normalized spacial score (nSPS) is 13.9. The lowest BCUT2D eigenvalue weighted by atomic mass is 10.2. The summed E-state index contributed by atoms with van der Waals surface area (Å²) < 4.78 is 19.2. The van der Waals surface area contributed by atoms with Crippen molar-refractivity contribution in [1.29, 1.82) is 0 Å². The zero-order valence-electron chi connectivity index (χ0n) is 16.8. The number of rotatable bonds is 6. The van der Waals surface area contributed by atoms with Crippen molar-refractivity contribution < 1.29 is 18.7 Å². The number of hydrogen-bond acceptors (Lipinski definition) is 4. The fourth-order valence-corrected chi connectivity index (χ4v) is 3.52. The monoisotopic (exact) mass is 399 g/mol. The topological polar surface area (TPSA) is 53.1 Å². The summed E-state index contributed by atoms with van der Waals surface area (Å²) >= 11 is 0. The first-order valence-corrected chi connectivity index (χ1v) is 9.69. The van der Waals surface area contributed by atoms with Gasteiger partial charge in [-0.25, -0.2) is 4.39 Å². The largest absolute Gasteiger partial charge is 0.497 e. The van der Waals surface area contributed by atoms with Crippen molar-refractivity contribution in [3.8, 4) is 5.75 Å². The van der Waals surface area contributed by atoms with E-state index < -0.39 is 0 Å². The summed E-state index contributed by atoms with van der Waals surface area (Å²) in [7, 11) is 1.57. The summed E-state index contributed by atoms with van der Waals surface area (Å²) in [5, 5.41) is 0. The van der Waals surface area contributed by atoms with E-state index in [2.05, 4.69) is 0 Å². The summed E-state index contributed by atoms with van der Waals surface area (Å²) in [5.41, 5.74) is 1.27. The van der Waals surface area contributed by atoms with E-state index >= 15 is 0 Å². The second-order valence-corrected chi connectivity index (χ2v) is 6.94. The Morgan fingerprint density at radius 1 is 1.07 bits per heavy atom. The molecular weight excluding hydrogens is 373 g/mol. The molecule has 7 heteroatoms. The van der Waals surface area contributed by atoms with Gasteiger partial charge < -0.3 is 19.4 Å². The van der Waals surface area contributed by atoms with E-state index in [1.54, 1.807) is 35.1 Å². The van der Waals surface area contributed by atoms with Crippen molar-refractivity contribution in [2.24, 2.45) is 0 Å². The van der Waals surface area contributed by atoms with Crippen molar-refractivity contribution >= 4 is 23.2 Å². The number of para-hydroxylation sites is 1. The Labute approximate surface area is 170 Å². The van der Waals surface area contributed by atoms with Gasteiger partial charge in [0.1, 0.15) is 11.6 Å². The van der Waals surface area contributed by atoms with Gasteiger partial charge in [0, 0.05) is 57.8 Å². The predicted octanol–water partition coefficient (Wildman–Crippen LogP) is 2.93. The van der Waals surface area contributed by atoms with Gasteiger partial charge in [0.05, 0.1) is 12.8 Å². The molecule has 29 heavy (non-hydrogen) atoms. The molecule has 2 aromatic rings. The molecule has 0 bridgehead atoms. The Morgan fingerprint density at radius 3 is 2.45 bits per heavy atom. The van der Waals surface area contributed by atoms with Crippen molar-refractivity contribution in [1.82, 2.24) is 4.90 Å². The average molecular weight is 399 g/mol. The van der Waals surface area contributed by atoms with Gasteiger partial charge in [-0.3, -0.25) is 9.59 Å². The van der Waals surface area contributed by atoms with Crippen LogP contribution in [0.3, 0.4) is 0 Å². The molecule has 1 aliphatic rings. The molecule has 0 radical (unpaired) electrons. The smallest absolute Gasteiger partial charge is 0.224 e. The Kier molecular flexibility index (Phi) is 6.69. The van der Waals surface area contributed by atoms with Crippen LogP contribution >= 0.6 is 0 Å². The first kappa shape index (κ1) is 20.6. The van der Waals surface area contributed by atoms with Crippen molar-refractivity contribution in [2.75, 3.05) is 49.6 Å². The van der Waals surface area contributed by atoms with Crippen LogP contribution in [0.2, 0.25) is 0 Å². The lowest BCUT2D eigenvalue weighted by molar-refractivity contribution is -0.131. The van der Waals surface area contributed by atoms with Gasteiger partial charge in [0.25, 0.3) is 0 Å². The van der Waals surface area contributed by atoms with E-state index in [1.807, 2.05) is 29.2 Å². The first-order chi connectivity index (χ1) is 14.0. The number of piperazine rings is 1. The predicted molar refractivity (Wildman–Crippen MR) is 111 cm³/mol. The second-order valence-electron chi connectivity index (χ2n) is 6.94. The van der Waals surface area contributed by atoms with E-state index in [0.717, 1.165) is 0 Å².